The molecule has 1 aliphatic rings. The lowest BCUT2D eigenvalue weighted by atomic mass is 9.87. The number of hydrogen-bond acceptors (Lipinski definition) is 2. The highest BCUT2D eigenvalue weighted by atomic mass is 16.5. The zero-order valence-electron chi connectivity index (χ0n) is 11.8. The Morgan fingerprint density at radius 1 is 1.33 bits per heavy atom. The van der Waals surface area contributed by atoms with Crippen LogP contribution >= 0.6 is 0 Å². The number of hydrogen-bond donors (Lipinski definition) is 1. The molecule has 2 N–H and O–H groups in total. The molecule has 0 saturated carbocycles. The molecular formula is C16H25NO. The van der Waals surface area contributed by atoms with Crippen LogP contribution in [0, 0.1) is 5.41 Å². The highest BCUT2D eigenvalue weighted by Gasteiger charge is 2.20. The second-order valence-corrected chi connectivity index (χ2v) is 6.48. The number of rotatable bonds is 3. The van der Waals surface area contributed by atoms with E-state index >= 15 is 0 Å². The molecule has 0 aromatic heterocycles. The van der Waals surface area contributed by atoms with Gasteiger partial charge in [0.05, 0.1) is 6.61 Å². The van der Waals surface area contributed by atoms with E-state index in [1.165, 1.54) is 17.5 Å². The van der Waals surface area contributed by atoms with E-state index in [1.807, 2.05) is 0 Å². The van der Waals surface area contributed by atoms with Gasteiger partial charge in [-0.2, -0.15) is 0 Å². The van der Waals surface area contributed by atoms with Crippen LogP contribution in [0.3, 0.4) is 0 Å². The van der Waals surface area contributed by atoms with E-state index < -0.39 is 0 Å². The normalized spacial score (nSPS) is 19.4. The maximum absolute atomic E-state index is 6.16. The first-order valence-electron chi connectivity index (χ1n) is 6.97. The predicted octanol–water partition coefficient (Wildman–Crippen LogP) is 3.84. The van der Waals surface area contributed by atoms with Gasteiger partial charge in [0.15, 0.2) is 0 Å². The van der Waals surface area contributed by atoms with Crippen molar-refractivity contribution in [2.24, 2.45) is 11.1 Å². The quantitative estimate of drug-likeness (QED) is 0.880. The van der Waals surface area contributed by atoms with Gasteiger partial charge in [0, 0.05) is 6.04 Å². The molecule has 18 heavy (non-hydrogen) atoms. The standard InChI is InChI=1S/C16H25NO/c1-16(2,3)10-11-18-15-9-5-6-12-13(15)7-4-8-14(12)17/h5-6,9,14H,4,7-8,10-11,17H2,1-3H3. The summed E-state index contributed by atoms with van der Waals surface area (Å²) in [4.78, 5) is 0. The second kappa shape index (κ2) is 5.31. The average Bonchev–Trinajstić information content (AvgIpc) is 2.29. The zero-order chi connectivity index (χ0) is 13.2. The van der Waals surface area contributed by atoms with Gasteiger partial charge in [0.25, 0.3) is 0 Å². The first-order valence-corrected chi connectivity index (χ1v) is 6.97. The third-order valence-electron chi connectivity index (χ3n) is 3.62. The van der Waals surface area contributed by atoms with Gasteiger partial charge in [-0.1, -0.05) is 32.9 Å². The van der Waals surface area contributed by atoms with Gasteiger partial charge in [-0.25, -0.2) is 0 Å². The molecule has 0 fully saturated rings. The molecule has 1 unspecified atom stereocenters. The Morgan fingerprint density at radius 3 is 2.83 bits per heavy atom. The molecule has 1 aliphatic carbocycles. The summed E-state index contributed by atoms with van der Waals surface area (Å²) in [6, 6.07) is 6.49. The molecule has 0 heterocycles. The van der Waals surface area contributed by atoms with Crippen LogP contribution < -0.4 is 10.5 Å². The topological polar surface area (TPSA) is 35.2 Å². The van der Waals surface area contributed by atoms with E-state index in [0.29, 0.717) is 5.41 Å². The maximum Gasteiger partial charge on any atom is 0.122 e. The molecule has 0 aliphatic heterocycles. The van der Waals surface area contributed by atoms with Crippen LogP contribution in [0.5, 0.6) is 5.75 Å². The average molecular weight is 247 g/mol. The number of fused-ring (bicyclic) bond motifs is 1. The SMILES string of the molecule is CC(C)(C)CCOc1cccc2c1CCCC2N. The largest absolute Gasteiger partial charge is 0.493 e. The van der Waals surface area contributed by atoms with Crippen molar-refractivity contribution in [3.63, 3.8) is 0 Å². The van der Waals surface area contributed by atoms with Gasteiger partial charge >= 0.3 is 0 Å². The minimum Gasteiger partial charge on any atom is -0.493 e. The minimum atomic E-state index is 0.194. The van der Waals surface area contributed by atoms with Crippen LogP contribution in [0.4, 0.5) is 0 Å². The molecule has 0 saturated heterocycles. The van der Waals surface area contributed by atoms with Gasteiger partial charge in [-0.15, -0.1) is 0 Å². The molecular weight excluding hydrogens is 222 g/mol. The summed E-state index contributed by atoms with van der Waals surface area (Å²) in [5.41, 5.74) is 9.11. The Bertz CT molecular complexity index is 406. The molecule has 2 rings (SSSR count). The molecule has 0 bridgehead atoms. The fraction of sp³-hybridized carbons (Fsp3) is 0.625. The van der Waals surface area contributed by atoms with Crippen molar-refractivity contribution in [1.29, 1.82) is 0 Å². The lowest BCUT2D eigenvalue weighted by molar-refractivity contribution is 0.240. The monoisotopic (exact) mass is 247 g/mol. The number of ether oxygens (including phenoxy) is 1. The fourth-order valence-electron chi connectivity index (χ4n) is 2.45. The molecule has 1 atom stereocenters. The van der Waals surface area contributed by atoms with Crippen molar-refractivity contribution < 1.29 is 4.74 Å². The molecule has 1 aromatic rings. The minimum absolute atomic E-state index is 0.194. The van der Waals surface area contributed by atoms with Crippen LogP contribution in [0.1, 0.15) is 57.2 Å². The van der Waals surface area contributed by atoms with Crippen molar-refractivity contribution in [3.8, 4) is 5.75 Å². The Labute approximate surface area is 111 Å². The fourth-order valence-corrected chi connectivity index (χ4v) is 2.45. The molecule has 100 valence electrons. The highest BCUT2D eigenvalue weighted by molar-refractivity contribution is 5.43. The van der Waals surface area contributed by atoms with E-state index in [4.69, 9.17) is 10.5 Å². The van der Waals surface area contributed by atoms with Crippen LogP contribution in [-0.2, 0) is 6.42 Å². The molecule has 0 radical (unpaired) electrons. The van der Waals surface area contributed by atoms with Gasteiger partial charge in [-0.05, 0) is 48.3 Å². The van der Waals surface area contributed by atoms with E-state index in [9.17, 15) is 0 Å². The van der Waals surface area contributed by atoms with Gasteiger partial charge < -0.3 is 10.5 Å². The van der Waals surface area contributed by atoms with Crippen LogP contribution in [0.15, 0.2) is 18.2 Å². The first kappa shape index (κ1) is 13.4. The van der Waals surface area contributed by atoms with E-state index in [1.54, 1.807) is 0 Å². The van der Waals surface area contributed by atoms with Crippen molar-refractivity contribution in [1.82, 2.24) is 0 Å². The third-order valence-corrected chi connectivity index (χ3v) is 3.62. The lowest BCUT2D eigenvalue weighted by Gasteiger charge is -2.25. The van der Waals surface area contributed by atoms with Gasteiger partial charge in [-0.3, -0.25) is 0 Å². The summed E-state index contributed by atoms with van der Waals surface area (Å²) in [6.45, 7) is 7.52. The molecule has 1 aromatic carbocycles. The Kier molecular flexibility index (Phi) is 3.96. The Morgan fingerprint density at radius 2 is 2.11 bits per heavy atom. The summed E-state index contributed by atoms with van der Waals surface area (Å²) in [7, 11) is 0. The van der Waals surface area contributed by atoms with Crippen molar-refractivity contribution in [3.05, 3.63) is 29.3 Å². The Balaban J connectivity index is 2.07. The zero-order valence-corrected chi connectivity index (χ0v) is 11.8. The summed E-state index contributed by atoms with van der Waals surface area (Å²) < 4.78 is 5.97. The first-order chi connectivity index (χ1) is 8.47. The van der Waals surface area contributed by atoms with Gasteiger partial charge in [0.1, 0.15) is 5.75 Å². The number of nitrogens with two attached hydrogens (primary N) is 1. The third kappa shape index (κ3) is 3.26. The Hall–Kier alpha value is -1.02. The van der Waals surface area contributed by atoms with Crippen LogP contribution in [-0.4, -0.2) is 6.61 Å². The van der Waals surface area contributed by atoms with Crippen molar-refractivity contribution >= 4 is 0 Å². The molecule has 0 amide bonds. The second-order valence-electron chi connectivity index (χ2n) is 6.48. The summed E-state index contributed by atoms with van der Waals surface area (Å²) in [5, 5.41) is 0. The summed E-state index contributed by atoms with van der Waals surface area (Å²) >= 11 is 0. The summed E-state index contributed by atoms with van der Waals surface area (Å²) in [5.74, 6) is 1.05. The van der Waals surface area contributed by atoms with Crippen LogP contribution in [0.2, 0.25) is 0 Å². The van der Waals surface area contributed by atoms with E-state index in [2.05, 4.69) is 39.0 Å². The van der Waals surface area contributed by atoms with Crippen molar-refractivity contribution in [2.75, 3.05) is 6.61 Å². The predicted molar refractivity (Wildman–Crippen MR) is 75.9 cm³/mol. The maximum atomic E-state index is 6.16. The molecule has 2 heteroatoms. The van der Waals surface area contributed by atoms with Crippen molar-refractivity contribution in [2.45, 2.75) is 52.5 Å². The lowest BCUT2D eigenvalue weighted by Crippen LogP contribution is -2.18. The van der Waals surface area contributed by atoms with E-state index in [-0.39, 0.29) is 6.04 Å². The molecule has 2 nitrogen and oxygen atoms in total. The summed E-state index contributed by atoms with van der Waals surface area (Å²) in [6.07, 6.45) is 4.45. The van der Waals surface area contributed by atoms with E-state index in [0.717, 1.165) is 31.6 Å². The van der Waals surface area contributed by atoms with Crippen LogP contribution in [0.25, 0.3) is 0 Å². The highest BCUT2D eigenvalue weighted by Crippen LogP contribution is 2.34. The smallest absolute Gasteiger partial charge is 0.122 e. The molecule has 0 spiro atoms. The number of benzene rings is 1. The van der Waals surface area contributed by atoms with Gasteiger partial charge in [0.2, 0.25) is 0 Å².